The predicted molar refractivity (Wildman–Crippen MR) is 115 cm³/mol. The standard InChI is InChI=1S/C24H30N2O3/c1-4-19-7-5-6-17(2)23(19)25-24(28)20-12-14-26(15-13-20)22(27)16-18-8-10-21(29-3)11-9-18/h5-11,20H,4,12-16H2,1-3H3,(H,25,28). The van der Waals surface area contributed by atoms with Crippen LogP contribution in [0.3, 0.4) is 0 Å². The maximum absolute atomic E-state index is 12.8. The molecule has 0 aromatic heterocycles. The Hall–Kier alpha value is -2.82. The Morgan fingerprint density at radius 2 is 1.79 bits per heavy atom. The van der Waals surface area contributed by atoms with Gasteiger partial charge in [-0.25, -0.2) is 0 Å². The van der Waals surface area contributed by atoms with Crippen LogP contribution in [-0.4, -0.2) is 36.9 Å². The number of nitrogens with one attached hydrogen (secondary N) is 1. The van der Waals surface area contributed by atoms with Crippen LogP contribution in [0.25, 0.3) is 0 Å². The zero-order chi connectivity index (χ0) is 20.8. The minimum Gasteiger partial charge on any atom is -0.497 e. The average Bonchev–Trinajstić information content (AvgIpc) is 2.75. The van der Waals surface area contributed by atoms with Crippen LogP contribution in [0.1, 0.15) is 36.5 Å². The molecular weight excluding hydrogens is 364 g/mol. The Morgan fingerprint density at radius 3 is 2.41 bits per heavy atom. The number of benzene rings is 2. The lowest BCUT2D eigenvalue weighted by atomic mass is 9.94. The van der Waals surface area contributed by atoms with Crippen LogP contribution in [0, 0.1) is 12.8 Å². The van der Waals surface area contributed by atoms with Gasteiger partial charge in [-0.1, -0.05) is 37.3 Å². The summed E-state index contributed by atoms with van der Waals surface area (Å²) in [7, 11) is 1.63. The second kappa shape index (κ2) is 9.59. The van der Waals surface area contributed by atoms with E-state index in [1.807, 2.05) is 48.2 Å². The predicted octanol–water partition coefficient (Wildman–Crippen LogP) is 3.99. The molecule has 0 saturated carbocycles. The normalized spacial score (nSPS) is 14.5. The zero-order valence-corrected chi connectivity index (χ0v) is 17.5. The van der Waals surface area contributed by atoms with Crippen molar-refractivity contribution in [3.05, 3.63) is 59.2 Å². The molecule has 0 unspecified atom stereocenters. The van der Waals surface area contributed by atoms with Gasteiger partial charge in [0.05, 0.1) is 13.5 Å². The first-order chi connectivity index (χ1) is 14.0. The van der Waals surface area contributed by atoms with Gasteiger partial charge in [0.25, 0.3) is 0 Å². The molecule has 1 aliphatic heterocycles. The molecular formula is C24H30N2O3. The van der Waals surface area contributed by atoms with E-state index in [1.54, 1.807) is 7.11 Å². The molecule has 154 valence electrons. The molecule has 2 aromatic rings. The summed E-state index contributed by atoms with van der Waals surface area (Å²) in [5, 5.41) is 3.14. The van der Waals surface area contributed by atoms with E-state index in [2.05, 4.69) is 18.3 Å². The van der Waals surface area contributed by atoms with E-state index in [0.717, 1.165) is 34.5 Å². The monoisotopic (exact) mass is 394 g/mol. The molecule has 0 aliphatic carbocycles. The number of rotatable bonds is 6. The number of hydrogen-bond acceptors (Lipinski definition) is 3. The van der Waals surface area contributed by atoms with E-state index in [0.29, 0.717) is 32.4 Å². The Morgan fingerprint density at radius 1 is 1.10 bits per heavy atom. The maximum atomic E-state index is 12.8. The number of ether oxygens (including phenoxy) is 1. The number of methoxy groups -OCH3 is 1. The summed E-state index contributed by atoms with van der Waals surface area (Å²) in [6.45, 7) is 5.37. The van der Waals surface area contributed by atoms with Crippen molar-refractivity contribution in [1.82, 2.24) is 4.90 Å². The lowest BCUT2D eigenvalue weighted by molar-refractivity contribution is -0.133. The topological polar surface area (TPSA) is 58.6 Å². The van der Waals surface area contributed by atoms with Crippen molar-refractivity contribution in [2.24, 2.45) is 5.92 Å². The number of likely N-dealkylation sites (tertiary alicyclic amines) is 1. The molecule has 0 bridgehead atoms. The fourth-order valence-electron chi connectivity index (χ4n) is 3.85. The number of carbonyl (C=O) groups excluding carboxylic acids is 2. The highest BCUT2D eigenvalue weighted by Gasteiger charge is 2.27. The van der Waals surface area contributed by atoms with Crippen molar-refractivity contribution >= 4 is 17.5 Å². The maximum Gasteiger partial charge on any atom is 0.227 e. The van der Waals surface area contributed by atoms with Crippen LogP contribution in [0.15, 0.2) is 42.5 Å². The number of piperidine rings is 1. The molecule has 5 heteroatoms. The third-order valence-electron chi connectivity index (χ3n) is 5.72. The summed E-state index contributed by atoms with van der Waals surface area (Å²) in [5.74, 6) is 0.912. The summed E-state index contributed by atoms with van der Waals surface area (Å²) in [5.41, 5.74) is 4.16. The smallest absolute Gasteiger partial charge is 0.227 e. The van der Waals surface area contributed by atoms with E-state index in [1.165, 1.54) is 0 Å². The zero-order valence-electron chi connectivity index (χ0n) is 17.5. The molecule has 2 aromatic carbocycles. The Kier molecular flexibility index (Phi) is 6.91. The van der Waals surface area contributed by atoms with Gasteiger partial charge >= 0.3 is 0 Å². The number of carbonyl (C=O) groups is 2. The van der Waals surface area contributed by atoms with Crippen LogP contribution < -0.4 is 10.1 Å². The summed E-state index contributed by atoms with van der Waals surface area (Å²) >= 11 is 0. The second-order valence-electron chi connectivity index (χ2n) is 7.63. The summed E-state index contributed by atoms with van der Waals surface area (Å²) < 4.78 is 5.16. The van der Waals surface area contributed by atoms with Crippen LogP contribution in [0.2, 0.25) is 0 Å². The molecule has 0 radical (unpaired) electrons. The third-order valence-corrected chi connectivity index (χ3v) is 5.72. The van der Waals surface area contributed by atoms with E-state index in [4.69, 9.17) is 4.74 Å². The lowest BCUT2D eigenvalue weighted by Gasteiger charge is -2.31. The van der Waals surface area contributed by atoms with Gasteiger partial charge in [0.15, 0.2) is 0 Å². The first-order valence-electron chi connectivity index (χ1n) is 10.3. The van der Waals surface area contributed by atoms with Crippen LogP contribution >= 0.6 is 0 Å². The van der Waals surface area contributed by atoms with E-state index in [9.17, 15) is 9.59 Å². The van der Waals surface area contributed by atoms with Gasteiger partial charge in [0.1, 0.15) is 5.75 Å². The lowest BCUT2D eigenvalue weighted by Crippen LogP contribution is -2.42. The van der Waals surface area contributed by atoms with Gasteiger partial charge in [-0.3, -0.25) is 9.59 Å². The second-order valence-corrected chi connectivity index (χ2v) is 7.63. The number of amides is 2. The molecule has 0 spiro atoms. The van der Waals surface area contributed by atoms with Crippen molar-refractivity contribution in [2.75, 3.05) is 25.5 Å². The molecule has 0 atom stereocenters. The van der Waals surface area contributed by atoms with Crippen molar-refractivity contribution < 1.29 is 14.3 Å². The highest BCUT2D eigenvalue weighted by Crippen LogP contribution is 2.25. The summed E-state index contributed by atoms with van der Waals surface area (Å²) in [6.07, 6.45) is 2.67. The molecule has 1 fully saturated rings. The first kappa shape index (κ1) is 20.9. The van der Waals surface area contributed by atoms with E-state index >= 15 is 0 Å². The molecule has 2 amide bonds. The van der Waals surface area contributed by atoms with Gasteiger partial charge in [0, 0.05) is 24.7 Å². The molecule has 5 nitrogen and oxygen atoms in total. The highest BCUT2D eigenvalue weighted by atomic mass is 16.5. The molecule has 3 rings (SSSR count). The first-order valence-corrected chi connectivity index (χ1v) is 10.3. The third kappa shape index (κ3) is 5.17. The average molecular weight is 395 g/mol. The fraction of sp³-hybridized carbons (Fsp3) is 0.417. The van der Waals surface area contributed by atoms with Gasteiger partial charge in [-0.2, -0.15) is 0 Å². The van der Waals surface area contributed by atoms with Crippen molar-refractivity contribution in [2.45, 2.75) is 39.5 Å². The van der Waals surface area contributed by atoms with Crippen molar-refractivity contribution in [1.29, 1.82) is 0 Å². The van der Waals surface area contributed by atoms with Gasteiger partial charge in [-0.15, -0.1) is 0 Å². The van der Waals surface area contributed by atoms with Gasteiger partial charge in [-0.05, 0) is 55.0 Å². The number of hydrogen-bond donors (Lipinski definition) is 1. The molecule has 1 saturated heterocycles. The molecule has 1 N–H and O–H groups in total. The van der Waals surface area contributed by atoms with Crippen LogP contribution in [0.4, 0.5) is 5.69 Å². The molecule has 1 aliphatic rings. The fourth-order valence-corrected chi connectivity index (χ4v) is 3.85. The number of aryl methyl sites for hydroxylation is 2. The SMILES string of the molecule is CCc1cccc(C)c1NC(=O)C1CCN(C(=O)Cc2ccc(OC)cc2)CC1. The number of nitrogens with zero attached hydrogens (tertiary/aromatic N) is 1. The molecule has 29 heavy (non-hydrogen) atoms. The van der Waals surface area contributed by atoms with E-state index in [-0.39, 0.29) is 17.7 Å². The minimum atomic E-state index is -0.0515. The minimum absolute atomic E-state index is 0.0515. The number of anilines is 1. The summed E-state index contributed by atoms with van der Waals surface area (Å²) in [6, 6.07) is 13.7. The van der Waals surface area contributed by atoms with Crippen LogP contribution in [-0.2, 0) is 22.4 Å². The Labute approximate surface area is 173 Å². The number of para-hydroxylation sites is 1. The molecule has 1 heterocycles. The Bertz CT molecular complexity index is 853. The van der Waals surface area contributed by atoms with Crippen molar-refractivity contribution in [3.8, 4) is 5.75 Å². The van der Waals surface area contributed by atoms with E-state index < -0.39 is 0 Å². The quantitative estimate of drug-likeness (QED) is 0.806. The van der Waals surface area contributed by atoms with Gasteiger partial charge < -0.3 is 15.0 Å². The highest BCUT2D eigenvalue weighted by molar-refractivity contribution is 5.94. The van der Waals surface area contributed by atoms with Crippen molar-refractivity contribution in [3.63, 3.8) is 0 Å². The van der Waals surface area contributed by atoms with Gasteiger partial charge in [0.2, 0.25) is 11.8 Å². The van der Waals surface area contributed by atoms with Crippen LogP contribution in [0.5, 0.6) is 5.75 Å². The largest absolute Gasteiger partial charge is 0.497 e. The summed E-state index contributed by atoms with van der Waals surface area (Å²) in [4.78, 5) is 27.3. The Balaban J connectivity index is 1.53.